The standard InChI is InChI=1S/C21H18N2O3S/c1-26-20-9-17-15(12-24)3-2-4-19(17)23(21(20)25)11-14-5-6-18(22-10-14)16-7-8-27-13-16/h2-8,10,12-13,20H,9,11H2,1H3. The summed E-state index contributed by atoms with van der Waals surface area (Å²) in [6.07, 6.45) is 2.44. The van der Waals surface area contributed by atoms with Gasteiger partial charge < -0.3 is 9.64 Å². The molecule has 0 spiro atoms. The van der Waals surface area contributed by atoms with Crippen LogP contribution in [0.15, 0.2) is 53.4 Å². The Kier molecular flexibility index (Phi) is 4.83. The molecule has 27 heavy (non-hydrogen) atoms. The number of thiophene rings is 1. The third-order valence-corrected chi connectivity index (χ3v) is 5.49. The molecular weight excluding hydrogens is 360 g/mol. The van der Waals surface area contributed by atoms with Crippen molar-refractivity contribution in [1.82, 2.24) is 4.98 Å². The van der Waals surface area contributed by atoms with Crippen LogP contribution in [0.2, 0.25) is 0 Å². The Hall–Kier alpha value is -2.83. The predicted molar refractivity (Wildman–Crippen MR) is 105 cm³/mol. The molecule has 136 valence electrons. The Morgan fingerprint density at radius 3 is 2.85 bits per heavy atom. The number of rotatable bonds is 5. The maximum Gasteiger partial charge on any atom is 0.256 e. The molecule has 6 heteroatoms. The molecule has 1 aromatic carbocycles. The third-order valence-electron chi connectivity index (χ3n) is 4.80. The minimum Gasteiger partial charge on any atom is -0.371 e. The lowest BCUT2D eigenvalue weighted by molar-refractivity contribution is -0.129. The van der Waals surface area contributed by atoms with Gasteiger partial charge in [-0.05, 0) is 34.7 Å². The molecule has 0 bridgehead atoms. The zero-order valence-corrected chi connectivity index (χ0v) is 15.6. The van der Waals surface area contributed by atoms with E-state index in [0.29, 0.717) is 18.5 Å². The van der Waals surface area contributed by atoms with Gasteiger partial charge in [0.05, 0.1) is 12.2 Å². The topological polar surface area (TPSA) is 59.5 Å². The molecule has 4 rings (SSSR count). The molecule has 3 aromatic rings. The quantitative estimate of drug-likeness (QED) is 0.635. The third kappa shape index (κ3) is 3.29. The van der Waals surface area contributed by atoms with Crippen molar-refractivity contribution in [3.8, 4) is 11.3 Å². The van der Waals surface area contributed by atoms with E-state index in [9.17, 15) is 9.59 Å². The lowest BCUT2D eigenvalue weighted by Gasteiger charge is -2.34. The lowest BCUT2D eigenvalue weighted by Crippen LogP contribution is -2.45. The van der Waals surface area contributed by atoms with Crippen molar-refractivity contribution >= 4 is 29.2 Å². The van der Waals surface area contributed by atoms with Gasteiger partial charge in [0.25, 0.3) is 5.91 Å². The zero-order valence-electron chi connectivity index (χ0n) is 14.8. The summed E-state index contributed by atoms with van der Waals surface area (Å²) in [5.74, 6) is -0.102. The minimum absolute atomic E-state index is 0.102. The molecule has 1 amide bonds. The van der Waals surface area contributed by atoms with Crippen molar-refractivity contribution in [3.05, 3.63) is 70.0 Å². The van der Waals surface area contributed by atoms with Gasteiger partial charge >= 0.3 is 0 Å². The molecular formula is C21H18N2O3S. The Labute approximate surface area is 161 Å². The second-order valence-electron chi connectivity index (χ2n) is 6.38. The van der Waals surface area contributed by atoms with E-state index >= 15 is 0 Å². The number of hydrogen-bond acceptors (Lipinski definition) is 5. The van der Waals surface area contributed by atoms with Crippen molar-refractivity contribution < 1.29 is 14.3 Å². The molecule has 3 heterocycles. The SMILES string of the molecule is COC1Cc2c(C=O)cccc2N(Cc2ccc(-c3ccsc3)nc2)C1=O. The first kappa shape index (κ1) is 17.6. The Morgan fingerprint density at radius 1 is 1.30 bits per heavy atom. The van der Waals surface area contributed by atoms with Crippen LogP contribution in [0.4, 0.5) is 5.69 Å². The highest BCUT2D eigenvalue weighted by molar-refractivity contribution is 7.08. The molecule has 5 nitrogen and oxygen atoms in total. The molecule has 0 fully saturated rings. The van der Waals surface area contributed by atoms with Crippen molar-refractivity contribution in [3.63, 3.8) is 0 Å². The number of carbonyl (C=O) groups is 2. The maximum atomic E-state index is 12.9. The van der Waals surface area contributed by atoms with Gasteiger partial charge in [-0.3, -0.25) is 14.6 Å². The number of nitrogens with zero attached hydrogens (tertiary/aromatic N) is 2. The summed E-state index contributed by atoms with van der Waals surface area (Å²) >= 11 is 1.63. The van der Waals surface area contributed by atoms with E-state index in [4.69, 9.17) is 4.74 Å². The van der Waals surface area contributed by atoms with Gasteiger partial charge in [-0.1, -0.05) is 18.2 Å². The van der Waals surface area contributed by atoms with Crippen LogP contribution in [0.5, 0.6) is 0 Å². The minimum atomic E-state index is -0.586. The average molecular weight is 378 g/mol. The highest BCUT2D eigenvalue weighted by Gasteiger charge is 2.34. The summed E-state index contributed by atoms with van der Waals surface area (Å²) in [6.45, 7) is 0.380. The van der Waals surface area contributed by atoms with Gasteiger partial charge in [-0.25, -0.2) is 0 Å². The van der Waals surface area contributed by atoms with Crippen LogP contribution >= 0.6 is 11.3 Å². The molecule has 0 radical (unpaired) electrons. The molecule has 1 atom stereocenters. The van der Waals surface area contributed by atoms with Crippen molar-refractivity contribution in [1.29, 1.82) is 0 Å². The van der Waals surface area contributed by atoms with Gasteiger partial charge in [-0.2, -0.15) is 11.3 Å². The number of pyridine rings is 1. The van der Waals surface area contributed by atoms with Gasteiger partial charge in [0.1, 0.15) is 12.4 Å². The maximum absolute atomic E-state index is 12.9. The monoisotopic (exact) mass is 378 g/mol. The number of amides is 1. The predicted octanol–water partition coefficient (Wildman–Crippen LogP) is 3.73. The molecule has 0 saturated heterocycles. The number of hydrogen-bond donors (Lipinski definition) is 0. The molecule has 1 aliphatic rings. The molecule has 0 N–H and O–H groups in total. The number of carbonyl (C=O) groups excluding carboxylic acids is 2. The smallest absolute Gasteiger partial charge is 0.256 e. The molecule has 1 aliphatic heterocycles. The van der Waals surface area contributed by atoms with Crippen LogP contribution in [0.3, 0.4) is 0 Å². The van der Waals surface area contributed by atoms with Gasteiger partial charge in [0.2, 0.25) is 0 Å². The summed E-state index contributed by atoms with van der Waals surface area (Å²) in [4.78, 5) is 30.5. The number of benzene rings is 1. The van der Waals surface area contributed by atoms with Crippen LogP contribution in [0, 0.1) is 0 Å². The van der Waals surface area contributed by atoms with E-state index in [1.54, 1.807) is 34.6 Å². The first-order valence-corrected chi connectivity index (χ1v) is 9.54. The van der Waals surface area contributed by atoms with Crippen molar-refractivity contribution in [2.75, 3.05) is 12.0 Å². The van der Waals surface area contributed by atoms with Crippen molar-refractivity contribution in [2.45, 2.75) is 19.1 Å². The van der Waals surface area contributed by atoms with Gasteiger partial charge in [0, 0.05) is 41.9 Å². The first-order chi connectivity index (χ1) is 13.2. The number of anilines is 1. The Morgan fingerprint density at radius 2 is 2.19 bits per heavy atom. The number of ether oxygens (including phenoxy) is 1. The lowest BCUT2D eigenvalue weighted by atomic mass is 9.94. The highest BCUT2D eigenvalue weighted by Crippen LogP contribution is 2.32. The second-order valence-corrected chi connectivity index (χ2v) is 7.16. The van der Waals surface area contributed by atoms with Crippen LogP contribution in [-0.2, 0) is 22.5 Å². The molecule has 2 aromatic heterocycles. The number of methoxy groups -OCH3 is 1. The molecule has 0 aliphatic carbocycles. The summed E-state index contributed by atoms with van der Waals surface area (Å²) < 4.78 is 5.37. The van der Waals surface area contributed by atoms with E-state index in [-0.39, 0.29) is 5.91 Å². The van der Waals surface area contributed by atoms with E-state index in [2.05, 4.69) is 10.4 Å². The van der Waals surface area contributed by atoms with E-state index < -0.39 is 6.10 Å². The summed E-state index contributed by atoms with van der Waals surface area (Å²) in [6, 6.07) is 11.4. The van der Waals surface area contributed by atoms with E-state index in [0.717, 1.165) is 34.4 Å². The Balaban J connectivity index is 1.66. The largest absolute Gasteiger partial charge is 0.371 e. The van der Waals surface area contributed by atoms with E-state index in [1.165, 1.54) is 7.11 Å². The normalized spacial score (nSPS) is 16.3. The second kappa shape index (κ2) is 7.42. The van der Waals surface area contributed by atoms with Crippen LogP contribution in [0.1, 0.15) is 21.5 Å². The van der Waals surface area contributed by atoms with E-state index in [1.807, 2.05) is 29.6 Å². The van der Waals surface area contributed by atoms with Gasteiger partial charge in [0.15, 0.2) is 0 Å². The Bertz CT molecular complexity index is 968. The molecule has 1 unspecified atom stereocenters. The summed E-state index contributed by atoms with van der Waals surface area (Å²) in [5.41, 5.74) is 5.12. The fourth-order valence-corrected chi connectivity index (χ4v) is 4.02. The fraction of sp³-hybridized carbons (Fsp3) is 0.190. The van der Waals surface area contributed by atoms with Gasteiger partial charge in [-0.15, -0.1) is 0 Å². The average Bonchev–Trinajstić information content (AvgIpc) is 3.24. The number of fused-ring (bicyclic) bond motifs is 1. The van der Waals surface area contributed by atoms with Crippen LogP contribution < -0.4 is 4.90 Å². The van der Waals surface area contributed by atoms with Crippen LogP contribution in [-0.4, -0.2) is 30.4 Å². The fourth-order valence-electron chi connectivity index (χ4n) is 3.37. The summed E-state index contributed by atoms with van der Waals surface area (Å²) in [7, 11) is 1.52. The highest BCUT2D eigenvalue weighted by atomic mass is 32.1. The summed E-state index contributed by atoms with van der Waals surface area (Å²) in [5, 5.41) is 4.07. The first-order valence-electron chi connectivity index (χ1n) is 8.60. The van der Waals surface area contributed by atoms with Crippen LogP contribution in [0.25, 0.3) is 11.3 Å². The number of aromatic nitrogens is 1. The molecule has 0 saturated carbocycles. The number of aldehydes is 1. The zero-order chi connectivity index (χ0) is 18.8. The van der Waals surface area contributed by atoms with Crippen molar-refractivity contribution in [2.24, 2.45) is 0 Å².